The maximum absolute atomic E-state index is 11.9. The van der Waals surface area contributed by atoms with Gasteiger partial charge in [0.1, 0.15) is 17.2 Å². The monoisotopic (exact) mass is 316 g/mol. The second kappa shape index (κ2) is 7.93. The Bertz CT molecular complexity index is 656. The summed E-state index contributed by atoms with van der Waals surface area (Å²) in [4.78, 5) is 11.9. The summed E-state index contributed by atoms with van der Waals surface area (Å²) in [5.74, 6) is 1.65. The van der Waals surface area contributed by atoms with Crippen molar-refractivity contribution in [3.8, 4) is 17.2 Å². The van der Waals surface area contributed by atoms with Gasteiger partial charge in [0.25, 0.3) is 5.91 Å². The van der Waals surface area contributed by atoms with Gasteiger partial charge in [-0.25, -0.2) is 0 Å². The van der Waals surface area contributed by atoms with E-state index >= 15 is 0 Å². The van der Waals surface area contributed by atoms with Gasteiger partial charge < -0.3 is 25.3 Å². The van der Waals surface area contributed by atoms with Gasteiger partial charge >= 0.3 is 0 Å². The van der Waals surface area contributed by atoms with E-state index in [9.17, 15) is 4.79 Å². The minimum atomic E-state index is -0.275. The molecule has 3 N–H and O–H groups in total. The van der Waals surface area contributed by atoms with Crippen LogP contribution in [-0.2, 0) is 4.79 Å². The molecular formula is C17H20N2O4. The van der Waals surface area contributed by atoms with Crippen molar-refractivity contribution in [3.63, 3.8) is 0 Å². The standard InChI is InChI=1S/C17H20N2O4/c1-3-22-13-5-7-14(8-6-13)23-11-17(20)19-12-4-9-16(21-2)15(18)10-12/h4-10H,3,11,18H2,1-2H3,(H,19,20). The van der Waals surface area contributed by atoms with E-state index in [1.54, 1.807) is 42.5 Å². The highest BCUT2D eigenvalue weighted by Gasteiger charge is 2.06. The molecule has 0 aromatic heterocycles. The van der Waals surface area contributed by atoms with Crippen LogP contribution < -0.4 is 25.3 Å². The second-order valence-electron chi connectivity index (χ2n) is 4.70. The highest BCUT2D eigenvalue weighted by molar-refractivity contribution is 5.92. The number of anilines is 2. The first-order chi connectivity index (χ1) is 11.1. The fourth-order valence-corrected chi connectivity index (χ4v) is 1.96. The molecule has 2 aromatic carbocycles. The Kier molecular flexibility index (Phi) is 5.68. The number of hydrogen-bond donors (Lipinski definition) is 2. The minimum absolute atomic E-state index is 0.0973. The van der Waals surface area contributed by atoms with Gasteiger partial charge in [0.2, 0.25) is 0 Å². The fourth-order valence-electron chi connectivity index (χ4n) is 1.96. The van der Waals surface area contributed by atoms with Crippen LogP contribution in [0.25, 0.3) is 0 Å². The lowest BCUT2D eigenvalue weighted by atomic mass is 10.2. The first-order valence-corrected chi connectivity index (χ1v) is 7.21. The quantitative estimate of drug-likeness (QED) is 0.767. The lowest BCUT2D eigenvalue weighted by Gasteiger charge is -2.10. The van der Waals surface area contributed by atoms with Crippen LogP contribution in [0.1, 0.15) is 6.92 Å². The number of benzene rings is 2. The maximum atomic E-state index is 11.9. The summed E-state index contributed by atoms with van der Waals surface area (Å²) < 4.78 is 15.8. The Morgan fingerprint density at radius 1 is 1.09 bits per heavy atom. The van der Waals surface area contributed by atoms with E-state index in [2.05, 4.69) is 5.32 Å². The van der Waals surface area contributed by atoms with E-state index in [0.717, 1.165) is 5.75 Å². The summed E-state index contributed by atoms with van der Waals surface area (Å²) in [5.41, 5.74) is 6.83. The zero-order valence-electron chi connectivity index (χ0n) is 13.2. The molecule has 0 heterocycles. The van der Waals surface area contributed by atoms with Gasteiger partial charge in [0.15, 0.2) is 6.61 Å². The Labute approximate surface area is 135 Å². The van der Waals surface area contributed by atoms with Crippen molar-refractivity contribution in [2.24, 2.45) is 0 Å². The second-order valence-corrected chi connectivity index (χ2v) is 4.70. The Balaban J connectivity index is 1.86. The predicted molar refractivity (Wildman–Crippen MR) is 89.1 cm³/mol. The molecule has 23 heavy (non-hydrogen) atoms. The zero-order chi connectivity index (χ0) is 16.7. The molecule has 1 amide bonds. The molecule has 6 heteroatoms. The van der Waals surface area contributed by atoms with Crippen molar-refractivity contribution in [2.75, 3.05) is 31.4 Å². The number of hydrogen-bond acceptors (Lipinski definition) is 5. The highest BCUT2D eigenvalue weighted by atomic mass is 16.5. The molecule has 0 aliphatic heterocycles. The van der Waals surface area contributed by atoms with Crippen molar-refractivity contribution < 1.29 is 19.0 Å². The van der Waals surface area contributed by atoms with Crippen molar-refractivity contribution in [1.82, 2.24) is 0 Å². The molecule has 2 rings (SSSR count). The zero-order valence-corrected chi connectivity index (χ0v) is 13.2. The van der Waals surface area contributed by atoms with E-state index in [0.29, 0.717) is 29.5 Å². The van der Waals surface area contributed by atoms with Crippen LogP contribution in [0.2, 0.25) is 0 Å². The summed E-state index contributed by atoms with van der Waals surface area (Å²) in [6.45, 7) is 2.42. The molecule has 0 aliphatic rings. The summed E-state index contributed by atoms with van der Waals surface area (Å²) in [6, 6.07) is 12.1. The predicted octanol–water partition coefficient (Wildman–Crippen LogP) is 2.69. The van der Waals surface area contributed by atoms with Crippen LogP contribution in [0.15, 0.2) is 42.5 Å². The van der Waals surface area contributed by atoms with E-state index in [-0.39, 0.29) is 12.5 Å². The largest absolute Gasteiger partial charge is 0.495 e. The first-order valence-electron chi connectivity index (χ1n) is 7.21. The van der Waals surface area contributed by atoms with Crippen molar-refractivity contribution in [1.29, 1.82) is 0 Å². The molecule has 122 valence electrons. The fraction of sp³-hybridized carbons (Fsp3) is 0.235. The van der Waals surface area contributed by atoms with Gasteiger partial charge in [-0.3, -0.25) is 4.79 Å². The number of nitrogens with one attached hydrogen (secondary N) is 1. The number of nitrogen functional groups attached to an aromatic ring is 1. The normalized spacial score (nSPS) is 10.0. The van der Waals surface area contributed by atoms with Gasteiger partial charge in [-0.1, -0.05) is 0 Å². The minimum Gasteiger partial charge on any atom is -0.495 e. The number of ether oxygens (including phenoxy) is 3. The third-order valence-electron chi connectivity index (χ3n) is 3.02. The molecule has 0 radical (unpaired) electrons. The molecule has 2 aromatic rings. The van der Waals surface area contributed by atoms with Gasteiger partial charge in [0, 0.05) is 5.69 Å². The van der Waals surface area contributed by atoms with Crippen LogP contribution in [-0.4, -0.2) is 26.2 Å². The van der Waals surface area contributed by atoms with Crippen LogP contribution in [0.3, 0.4) is 0 Å². The third kappa shape index (κ3) is 4.81. The third-order valence-corrected chi connectivity index (χ3v) is 3.02. The molecule has 0 spiro atoms. The maximum Gasteiger partial charge on any atom is 0.262 e. The topological polar surface area (TPSA) is 82.8 Å². The molecular weight excluding hydrogens is 296 g/mol. The first kappa shape index (κ1) is 16.5. The Morgan fingerprint density at radius 2 is 1.74 bits per heavy atom. The lowest BCUT2D eigenvalue weighted by molar-refractivity contribution is -0.118. The number of amides is 1. The summed E-state index contributed by atoms with van der Waals surface area (Å²) >= 11 is 0. The number of rotatable bonds is 7. The van der Waals surface area contributed by atoms with Crippen molar-refractivity contribution >= 4 is 17.3 Å². The van der Waals surface area contributed by atoms with E-state index in [4.69, 9.17) is 19.9 Å². The average molecular weight is 316 g/mol. The van der Waals surface area contributed by atoms with Gasteiger partial charge in [0.05, 0.1) is 19.4 Å². The Hall–Kier alpha value is -2.89. The van der Waals surface area contributed by atoms with E-state index in [1.165, 1.54) is 7.11 Å². The smallest absolute Gasteiger partial charge is 0.262 e. The van der Waals surface area contributed by atoms with Crippen LogP contribution in [0, 0.1) is 0 Å². The average Bonchev–Trinajstić information content (AvgIpc) is 2.55. The van der Waals surface area contributed by atoms with Crippen LogP contribution >= 0.6 is 0 Å². The SMILES string of the molecule is CCOc1ccc(OCC(=O)Nc2ccc(OC)c(N)c2)cc1. The van der Waals surface area contributed by atoms with Gasteiger partial charge in [-0.2, -0.15) is 0 Å². The molecule has 6 nitrogen and oxygen atoms in total. The lowest BCUT2D eigenvalue weighted by Crippen LogP contribution is -2.20. The summed E-state index contributed by atoms with van der Waals surface area (Å²) in [7, 11) is 1.54. The molecule has 0 saturated heterocycles. The molecule has 0 bridgehead atoms. The Morgan fingerprint density at radius 3 is 2.30 bits per heavy atom. The molecule has 0 aliphatic carbocycles. The number of carbonyl (C=O) groups excluding carboxylic acids is 1. The molecule has 0 atom stereocenters. The van der Waals surface area contributed by atoms with Gasteiger partial charge in [-0.15, -0.1) is 0 Å². The van der Waals surface area contributed by atoms with E-state index in [1.807, 2.05) is 6.92 Å². The van der Waals surface area contributed by atoms with Crippen molar-refractivity contribution in [2.45, 2.75) is 6.92 Å². The van der Waals surface area contributed by atoms with Gasteiger partial charge in [-0.05, 0) is 49.4 Å². The van der Waals surface area contributed by atoms with Crippen LogP contribution in [0.4, 0.5) is 11.4 Å². The van der Waals surface area contributed by atoms with Crippen LogP contribution in [0.5, 0.6) is 17.2 Å². The number of methoxy groups -OCH3 is 1. The molecule has 0 saturated carbocycles. The number of nitrogens with two attached hydrogens (primary N) is 1. The van der Waals surface area contributed by atoms with Crippen molar-refractivity contribution in [3.05, 3.63) is 42.5 Å². The summed E-state index contributed by atoms with van der Waals surface area (Å²) in [6.07, 6.45) is 0. The molecule has 0 unspecified atom stereocenters. The summed E-state index contributed by atoms with van der Waals surface area (Å²) in [5, 5.41) is 2.71. The highest BCUT2D eigenvalue weighted by Crippen LogP contribution is 2.24. The van der Waals surface area contributed by atoms with E-state index < -0.39 is 0 Å². The number of carbonyl (C=O) groups is 1. The molecule has 0 fully saturated rings.